The fourth-order valence-electron chi connectivity index (χ4n) is 4.23. The Morgan fingerprint density at radius 1 is 1.14 bits per heavy atom. The molecule has 1 aromatic heterocycles. The number of Topliss-reactive ketones (excluding diaryl/α,β-unsaturated/α-hetero) is 1. The Bertz CT molecular complexity index is 1160. The summed E-state index contributed by atoms with van der Waals surface area (Å²) in [4.78, 5) is 12.7. The summed E-state index contributed by atoms with van der Waals surface area (Å²) in [5.41, 5.74) is 3.43. The van der Waals surface area contributed by atoms with Crippen LogP contribution in [0.4, 0.5) is 0 Å². The van der Waals surface area contributed by atoms with E-state index in [1.807, 2.05) is 50.2 Å². The largest absolute Gasteiger partial charge is 0.308 e. The Hall–Kier alpha value is -2.44. The first-order valence-corrected chi connectivity index (χ1v) is 11.6. The van der Waals surface area contributed by atoms with Crippen molar-refractivity contribution in [2.75, 3.05) is 6.54 Å². The van der Waals surface area contributed by atoms with Gasteiger partial charge in [0.05, 0.1) is 22.1 Å². The fourth-order valence-corrected chi connectivity index (χ4v) is 5.84. The van der Waals surface area contributed by atoms with Crippen LogP contribution >= 0.6 is 0 Å². The molecule has 1 atom stereocenters. The molecular formula is C23H26N2O3S. The second-order valence-corrected chi connectivity index (χ2v) is 9.50. The Morgan fingerprint density at radius 3 is 2.59 bits per heavy atom. The lowest BCUT2D eigenvalue weighted by molar-refractivity contribution is -0.119. The third kappa shape index (κ3) is 3.51. The predicted molar refractivity (Wildman–Crippen MR) is 115 cm³/mol. The molecule has 0 saturated carbocycles. The molecule has 1 aliphatic rings. The Labute approximate surface area is 171 Å². The highest BCUT2D eigenvalue weighted by atomic mass is 32.2. The maximum Gasteiger partial charge on any atom is 0.268 e. The van der Waals surface area contributed by atoms with Crippen LogP contribution in [0.25, 0.3) is 10.9 Å². The number of benzene rings is 2. The first kappa shape index (κ1) is 19.9. The number of ketones is 1. The van der Waals surface area contributed by atoms with E-state index in [1.165, 1.54) is 3.97 Å². The second-order valence-electron chi connectivity index (χ2n) is 7.71. The number of nitrogens with zero attached hydrogens (tertiary/aromatic N) is 1. The zero-order valence-electron chi connectivity index (χ0n) is 16.8. The van der Waals surface area contributed by atoms with Crippen molar-refractivity contribution in [2.24, 2.45) is 0 Å². The minimum Gasteiger partial charge on any atom is -0.308 e. The molecule has 3 aromatic rings. The first-order valence-electron chi connectivity index (χ1n) is 10.1. The van der Waals surface area contributed by atoms with Crippen molar-refractivity contribution >= 4 is 26.7 Å². The van der Waals surface area contributed by atoms with E-state index in [0.717, 1.165) is 35.9 Å². The summed E-state index contributed by atoms with van der Waals surface area (Å²) in [5, 5.41) is 4.34. The van der Waals surface area contributed by atoms with Crippen LogP contribution in [0.15, 0.2) is 53.4 Å². The first-order chi connectivity index (χ1) is 13.9. The van der Waals surface area contributed by atoms with Gasteiger partial charge in [-0.25, -0.2) is 12.4 Å². The molecule has 2 aromatic carbocycles. The highest BCUT2D eigenvalue weighted by Crippen LogP contribution is 2.37. The molecule has 152 valence electrons. The Kier molecular flexibility index (Phi) is 5.32. The summed E-state index contributed by atoms with van der Waals surface area (Å²) in [6, 6.07) is 14.3. The number of hydrogen-bond donors (Lipinski definition) is 1. The molecule has 0 amide bonds. The van der Waals surface area contributed by atoms with Gasteiger partial charge < -0.3 is 5.32 Å². The second kappa shape index (κ2) is 7.76. The molecule has 1 N–H and O–H groups in total. The van der Waals surface area contributed by atoms with Crippen molar-refractivity contribution in [3.63, 3.8) is 0 Å². The molecule has 4 rings (SSSR count). The molecule has 0 radical (unpaired) electrons. The highest BCUT2D eigenvalue weighted by Gasteiger charge is 2.33. The summed E-state index contributed by atoms with van der Waals surface area (Å²) >= 11 is 0. The number of nitrogens with one attached hydrogen (secondary N) is 1. The van der Waals surface area contributed by atoms with Gasteiger partial charge in [-0.3, -0.25) is 4.79 Å². The molecule has 0 aliphatic carbocycles. The average molecular weight is 411 g/mol. The topological polar surface area (TPSA) is 68.2 Å². The molecule has 0 fully saturated rings. The molecule has 0 unspecified atom stereocenters. The lowest BCUT2D eigenvalue weighted by Gasteiger charge is -2.26. The average Bonchev–Trinajstić information content (AvgIpc) is 3.05. The summed E-state index contributed by atoms with van der Waals surface area (Å²) in [6.07, 6.45) is 2.35. The summed E-state index contributed by atoms with van der Waals surface area (Å²) in [5.74, 6) is 0.155. The Balaban J connectivity index is 1.94. The predicted octanol–water partition coefficient (Wildman–Crippen LogP) is 4.13. The fraction of sp³-hybridized carbons (Fsp3) is 0.348. The summed E-state index contributed by atoms with van der Waals surface area (Å²) in [6.45, 7) is 4.65. The van der Waals surface area contributed by atoms with Crippen molar-refractivity contribution in [3.05, 3.63) is 65.4 Å². The zero-order valence-corrected chi connectivity index (χ0v) is 17.6. The third-order valence-electron chi connectivity index (χ3n) is 5.59. The van der Waals surface area contributed by atoms with Crippen LogP contribution in [-0.4, -0.2) is 24.7 Å². The van der Waals surface area contributed by atoms with Crippen LogP contribution < -0.4 is 5.32 Å². The van der Waals surface area contributed by atoms with Crippen molar-refractivity contribution in [1.29, 1.82) is 0 Å². The van der Waals surface area contributed by atoms with Crippen LogP contribution in [-0.2, 0) is 21.2 Å². The SMILES string of the molecule is CCCC(=O)C[C@H]1NCCc2c1n(S(=O)(=O)c1ccc(C)cc1)c1ccccc21. The lowest BCUT2D eigenvalue weighted by Crippen LogP contribution is -2.34. The van der Waals surface area contributed by atoms with Crippen molar-refractivity contribution in [3.8, 4) is 0 Å². The summed E-state index contributed by atoms with van der Waals surface area (Å²) in [7, 11) is -3.80. The molecule has 0 bridgehead atoms. The zero-order chi connectivity index (χ0) is 20.6. The minimum absolute atomic E-state index is 0.155. The molecule has 2 heterocycles. The van der Waals surface area contributed by atoms with Gasteiger partial charge in [-0.1, -0.05) is 42.8 Å². The number of rotatable bonds is 6. The van der Waals surface area contributed by atoms with Gasteiger partial charge in [-0.05, 0) is 50.1 Å². The van der Waals surface area contributed by atoms with Gasteiger partial charge >= 0.3 is 0 Å². The molecule has 1 aliphatic heterocycles. The standard InChI is InChI=1S/C23H26N2O3S/c1-3-6-17(26)15-21-23-20(13-14-24-21)19-7-4-5-8-22(19)25(23)29(27,28)18-11-9-16(2)10-12-18/h4-5,7-12,21,24H,3,6,13-15H2,1-2H3/t21-/m1/s1. The van der Waals surface area contributed by atoms with E-state index in [1.54, 1.807) is 12.1 Å². The van der Waals surface area contributed by atoms with Gasteiger partial charge in [0.2, 0.25) is 0 Å². The van der Waals surface area contributed by atoms with Crippen LogP contribution in [0.3, 0.4) is 0 Å². The number of hydrogen-bond acceptors (Lipinski definition) is 4. The maximum absolute atomic E-state index is 13.7. The normalized spacial score (nSPS) is 16.7. The van der Waals surface area contributed by atoms with Crippen LogP contribution in [0, 0.1) is 6.92 Å². The smallest absolute Gasteiger partial charge is 0.268 e. The maximum atomic E-state index is 13.7. The quantitative estimate of drug-likeness (QED) is 0.663. The number of aromatic nitrogens is 1. The molecule has 5 nitrogen and oxygen atoms in total. The van der Waals surface area contributed by atoms with E-state index in [9.17, 15) is 13.2 Å². The minimum atomic E-state index is -3.80. The molecule has 29 heavy (non-hydrogen) atoms. The van der Waals surface area contributed by atoms with Crippen LogP contribution in [0.1, 0.15) is 49.0 Å². The monoisotopic (exact) mass is 410 g/mol. The Morgan fingerprint density at radius 2 is 1.86 bits per heavy atom. The van der Waals surface area contributed by atoms with Gasteiger partial charge in [0.1, 0.15) is 5.78 Å². The van der Waals surface area contributed by atoms with Crippen molar-refractivity contribution in [1.82, 2.24) is 9.29 Å². The van der Waals surface area contributed by atoms with E-state index in [-0.39, 0.29) is 16.7 Å². The molecule has 0 spiro atoms. The van der Waals surface area contributed by atoms with E-state index >= 15 is 0 Å². The van der Waals surface area contributed by atoms with E-state index < -0.39 is 10.0 Å². The third-order valence-corrected chi connectivity index (χ3v) is 7.33. The van der Waals surface area contributed by atoms with Gasteiger partial charge in [-0.15, -0.1) is 0 Å². The van der Waals surface area contributed by atoms with Gasteiger partial charge in [0.25, 0.3) is 10.0 Å². The highest BCUT2D eigenvalue weighted by molar-refractivity contribution is 7.90. The lowest BCUT2D eigenvalue weighted by atomic mass is 9.95. The van der Waals surface area contributed by atoms with Crippen LogP contribution in [0.5, 0.6) is 0 Å². The number of fused-ring (bicyclic) bond motifs is 3. The number of aryl methyl sites for hydroxylation is 1. The van der Waals surface area contributed by atoms with Gasteiger partial charge in [0.15, 0.2) is 0 Å². The van der Waals surface area contributed by atoms with Crippen LogP contribution in [0.2, 0.25) is 0 Å². The van der Waals surface area contributed by atoms with Gasteiger partial charge in [-0.2, -0.15) is 0 Å². The van der Waals surface area contributed by atoms with Crippen molar-refractivity contribution < 1.29 is 13.2 Å². The van der Waals surface area contributed by atoms with Crippen molar-refractivity contribution in [2.45, 2.75) is 50.5 Å². The number of carbonyl (C=O) groups is 1. The number of para-hydroxylation sites is 1. The number of carbonyl (C=O) groups excluding carboxylic acids is 1. The molecular weight excluding hydrogens is 384 g/mol. The van der Waals surface area contributed by atoms with E-state index in [4.69, 9.17) is 0 Å². The van der Waals surface area contributed by atoms with E-state index in [0.29, 0.717) is 24.1 Å². The van der Waals surface area contributed by atoms with Gasteiger partial charge in [0, 0.05) is 18.2 Å². The molecule has 6 heteroatoms. The summed E-state index contributed by atoms with van der Waals surface area (Å²) < 4.78 is 28.9. The van der Waals surface area contributed by atoms with E-state index in [2.05, 4.69) is 5.32 Å². The molecule has 0 saturated heterocycles.